The van der Waals surface area contributed by atoms with Crippen molar-refractivity contribution in [2.24, 2.45) is 5.92 Å². The first kappa shape index (κ1) is 19.8. The molecule has 1 atom stereocenters. The molecule has 0 bridgehead atoms. The van der Waals surface area contributed by atoms with E-state index >= 15 is 0 Å². The third-order valence-corrected chi connectivity index (χ3v) is 6.81. The van der Waals surface area contributed by atoms with Gasteiger partial charge in [0.15, 0.2) is 5.16 Å². The van der Waals surface area contributed by atoms with E-state index in [1.807, 2.05) is 30.3 Å². The number of aryl methyl sites for hydroxylation is 1. The summed E-state index contributed by atoms with van der Waals surface area (Å²) in [5.41, 5.74) is 1.94. The second kappa shape index (κ2) is 8.51. The van der Waals surface area contributed by atoms with E-state index in [4.69, 9.17) is 4.42 Å². The lowest BCUT2D eigenvalue weighted by Crippen LogP contribution is -2.11. The highest BCUT2D eigenvalue weighted by Crippen LogP contribution is 2.31. The first-order valence-corrected chi connectivity index (χ1v) is 11.4. The Morgan fingerprint density at radius 1 is 1.24 bits per heavy atom. The lowest BCUT2D eigenvalue weighted by atomic mass is 9.98. The van der Waals surface area contributed by atoms with Crippen molar-refractivity contribution in [3.05, 3.63) is 57.0 Å². The topological polar surface area (TPSA) is 84.7 Å². The number of nitrogens with one attached hydrogen (secondary N) is 1. The van der Waals surface area contributed by atoms with Gasteiger partial charge in [-0.1, -0.05) is 50.2 Å². The smallest absolute Gasteiger partial charge is 0.260 e. The van der Waals surface area contributed by atoms with Crippen LogP contribution in [0.1, 0.15) is 36.6 Å². The van der Waals surface area contributed by atoms with Gasteiger partial charge in [0.1, 0.15) is 4.83 Å². The third-order valence-electron chi connectivity index (χ3n) is 4.91. The molecule has 1 N–H and O–H groups in total. The average molecular weight is 427 g/mol. The zero-order valence-corrected chi connectivity index (χ0v) is 18.2. The van der Waals surface area contributed by atoms with Crippen LogP contribution in [0.4, 0.5) is 0 Å². The van der Waals surface area contributed by atoms with Crippen LogP contribution < -0.4 is 5.56 Å². The molecule has 29 heavy (non-hydrogen) atoms. The van der Waals surface area contributed by atoms with Gasteiger partial charge in [-0.3, -0.25) is 4.79 Å². The van der Waals surface area contributed by atoms with Gasteiger partial charge in [0, 0.05) is 10.4 Å². The molecule has 8 heteroatoms. The summed E-state index contributed by atoms with van der Waals surface area (Å²) in [7, 11) is 0. The number of aromatic nitrogens is 4. The van der Waals surface area contributed by atoms with E-state index in [0.29, 0.717) is 28.6 Å². The fraction of sp³-hybridized carbons (Fsp3) is 0.333. The molecule has 1 aromatic carbocycles. The van der Waals surface area contributed by atoms with Crippen molar-refractivity contribution in [2.45, 2.75) is 44.5 Å². The minimum absolute atomic E-state index is 0.0735. The molecular weight excluding hydrogens is 404 g/mol. The van der Waals surface area contributed by atoms with Crippen LogP contribution >= 0.6 is 23.1 Å². The summed E-state index contributed by atoms with van der Waals surface area (Å²) in [6.45, 7) is 6.45. The predicted molar refractivity (Wildman–Crippen MR) is 117 cm³/mol. The lowest BCUT2D eigenvalue weighted by molar-refractivity contribution is 0.528. The van der Waals surface area contributed by atoms with Gasteiger partial charge in [-0.2, -0.15) is 0 Å². The molecule has 1 unspecified atom stereocenters. The number of thiophene rings is 1. The maximum absolute atomic E-state index is 12.8. The Morgan fingerprint density at radius 3 is 2.79 bits per heavy atom. The van der Waals surface area contributed by atoms with Crippen molar-refractivity contribution < 1.29 is 4.42 Å². The van der Waals surface area contributed by atoms with Crippen LogP contribution in [0, 0.1) is 12.8 Å². The first-order chi connectivity index (χ1) is 14.0. The van der Waals surface area contributed by atoms with Crippen LogP contribution in [0.25, 0.3) is 21.7 Å². The number of aromatic amines is 1. The summed E-state index contributed by atoms with van der Waals surface area (Å²) in [5, 5.41) is 9.50. The van der Waals surface area contributed by atoms with Gasteiger partial charge in [0.25, 0.3) is 5.56 Å². The van der Waals surface area contributed by atoms with Crippen molar-refractivity contribution >= 4 is 33.3 Å². The van der Waals surface area contributed by atoms with E-state index in [1.54, 1.807) is 11.3 Å². The molecule has 4 rings (SSSR count). The molecule has 0 aliphatic heterocycles. The minimum atomic E-state index is -0.0735. The highest BCUT2D eigenvalue weighted by Gasteiger charge is 2.17. The molecule has 3 aromatic heterocycles. The quantitative estimate of drug-likeness (QED) is 0.322. The molecule has 0 saturated carbocycles. The summed E-state index contributed by atoms with van der Waals surface area (Å²) in [4.78, 5) is 22.3. The van der Waals surface area contributed by atoms with Crippen molar-refractivity contribution in [1.82, 2.24) is 20.2 Å². The number of nitrogens with zero attached hydrogens (tertiary/aromatic N) is 3. The molecule has 0 radical (unpaired) electrons. The molecule has 0 aliphatic carbocycles. The summed E-state index contributed by atoms with van der Waals surface area (Å²) >= 11 is 2.98. The molecule has 4 aromatic rings. The van der Waals surface area contributed by atoms with Gasteiger partial charge in [-0.05, 0) is 37.0 Å². The van der Waals surface area contributed by atoms with Gasteiger partial charge in [0.2, 0.25) is 11.8 Å². The zero-order valence-electron chi connectivity index (χ0n) is 16.6. The Hall–Kier alpha value is -2.45. The van der Waals surface area contributed by atoms with Gasteiger partial charge < -0.3 is 9.40 Å². The van der Waals surface area contributed by atoms with Crippen LogP contribution in [0.3, 0.4) is 0 Å². The Morgan fingerprint density at radius 2 is 2.03 bits per heavy atom. The highest BCUT2D eigenvalue weighted by molar-refractivity contribution is 7.98. The molecule has 0 fully saturated rings. The van der Waals surface area contributed by atoms with Gasteiger partial charge in [-0.25, -0.2) is 4.98 Å². The molecule has 3 heterocycles. The summed E-state index contributed by atoms with van der Waals surface area (Å²) in [5.74, 6) is 1.97. The van der Waals surface area contributed by atoms with E-state index in [1.165, 1.54) is 16.6 Å². The Labute approximate surface area is 176 Å². The van der Waals surface area contributed by atoms with Crippen LogP contribution in [0.15, 0.2) is 44.7 Å². The second-order valence-corrected chi connectivity index (χ2v) is 9.23. The zero-order chi connectivity index (χ0) is 20.4. The Balaban J connectivity index is 1.54. The maximum atomic E-state index is 12.8. The van der Waals surface area contributed by atoms with E-state index < -0.39 is 0 Å². The van der Waals surface area contributed by atoms with E-state index in [9.17, 15) is 4.79 Å². The monoisotopic (exact) mass is 426 g/mol. The molecule has 0 amide bonds. The molecule has 6 nitrogen and oxygen atoms in total. The standard InChI is InChI=1S/C21H22N4O2S2/c1-4-12(2)10-15-13(3)29-20-17(15)18(26)22-21(23-20)28-11-16-24-25-19(27-16)14-8-6-5-7-9-14/h5-9,12H,4,10-11H2,1-3H3,(H,22,23,26). The first-order valence-electron chi connectivity index (χ1n) is 9.58. The number of benzene rings is 1. The van der Waals surface area contributed by atoms with Crippen LogP contribution in [0.5, 0.6) is 0 Å². The van der Waals surface area contributed by atoms with Crippen LogP contribution in [-0.2, 0) is 12.2 Å². The average Bonchev–Trinajstić information content (AvgIpc) is 3.32. The number of rotatable bonds is 7. The largest absolute Gasteiger partial charge is 0.420 e. The van der Waals surface area contributed by atoms with Gasteiger partial charge in [-0.15, -0.1) is 21.5 Å². The van der Waals surface area contributed by atoms with Crippen LogP contribution in [0.2, 0.25) is 0 Å². The third kappa shape index (κ3) is 4.28. The molecule has 0 saturated heterocycles. The fourth-order valence-electron chi connectivity index (χ4n) is 3.10. The van der Waals surface area contributed by atoms with E-state index in [0.717, 1.165) is 34.2 Å². The maximum Gasteiger partial charge on any atom is 0.260 e. The van der Waals surface area contributed by atoms with Crippen LogP contribution in [-0.4, -0.2) is 20.2 Å². The van der Waals surface area contributed by atoms with Crippen molar-refractivity contribution in [1.29, 1.82) is 0 Å². The number of H-pyrrole nitrogens is 1. The number of hydrogen-bond donors (Lipinski definition) is 1. The Bertz CT molecular complexity index is 1180. The Kier molecular flexibility index (Phi) is 5.82. The normalized spacial score (nSPS) is 12.5. The van der Waals surface area contributed by atoms with E-state index in [2.05, 4.69) is 40.9 Å². The summed E-state index contributed by atoms with van der Waals surface area (Å²) in [6.07, 6.45) is 2.00. The number of hydrogen-bond acceptors (Lipinski definition) is 7. The SMILES string of the molecule is CCC(C)Cc1c(C)sc2nc(SCc3nnc(-c4ccccc4)o3)[nH]c(=O)c12. The highest BCUT2D eigenvalue weighted by atomic mass is 32.2. The number of thioether (sulfide) groups is 1. The minimum Gasteiger partial charge on any atom is -0.420 e. The molecule has 0 spiro atoms. The molecule has 150 valence electrons. The van der Waals surface area contributed by atoms with E-state index in [-0.39, 0.29) is 5.56 Å². The fourth-order valence-corrected chi connectivity index (χ4v) is 4.91. The summed E-state index contributed by atoms with van der Waals surface area (Å²) in [6, 6.07) is 9.64. The van der Waals surface area contributed by atoms with Crippen molar-refractivity contribution in [2.75, 3.05) is 0 Å². The lowest BCUT2D eigenvalue weighted by Gasteiger charge is -2.08. The predicted octanol–water partition coefficient (Wildman–Crippen LogP) is 5.22. The summed E-state index contributed by atoms with van der Waals surface area (Å²) < 4.78 is 5.73. The second-order valence-electron chi connectivity index (χ2n) is 7.06. The van der Waals surface area contributed by atoms with Crippen molar-refractivity contribution in [3.63, 3.8) is 0 Å². The van der Waals surface area contributed by atoms with Gasteiger partial charge >= 0.3 is 0 Å². The van der Waals surface area contributed by atoms with Crippen molar-refractivity contribution in [3.8, 4) is 11.5 Å². The molecule has 0 aliphatic rings. The van der Waals surface area contributed by atoms with Gasteiger partial charge in [0.05, 0.1) is 11.1 Å². The molecular formula is C21H22N4O2S2. The number of fused-ring (bicyclic) bond motifs is 1.